The number of aromatic nitrogens is 1. The normalized spacial score (nSPS) is 10.3. The van der Waals surface area contributed by atoms with Crippen LogP contribution < -0.4 is 0 Å². The lowest BCUT2D eigenvalue weighted by Gasteiger charge is -2.02. The van der Waals surface area contributed by atoms with Gasteiger partial charge in [-0.3, -0.25) is 4.79 Å². The topological polar surface area (TPSA) is 52.3 Å². The molecule has 0 aliphatic heterocycles. The summed E-state index contributed by atoms with van der Waals surface area (Å²) in [7, 11) is 0. The number of ether oxygens (including phenoxy) is 1. The van der Waals surface area contributed by atoms with Crippen molar-refractivity contribution in [2.24, 2.45) is 0 Å². The number of benzene rings is 1. The maximum absolute atomic E-state index is 11.3. The van der Waals surface area contributed by atoms with E-state index in [2.05, 4.69) is 4.98 Å². The van der Waals surface area contributed by atoms with Crippen LogP contribution >= 0.6 is 0 Å². The van der Waals surface area contributed by atoms with E-state index < -0.39 is 0 Å². The summed E-state index contributed by atoms with van der Waals surface area (Å²) >= 11 is 0. The van der Waals surface area contributed by atoms with Crippen molar-refractivity contribution in [2.45, 2.75) is 20.3 Å². The second-order valence-corrected chi connectivity index (χ2v) is 3.92. The van der Waals surface area contributed by atoms with Crippen molar-refractivity contribution in [3.05, 3.63) is 41.9 Å². The monoisotopic (exact) mass is 245 g/mol. The molecule has 4 heteroatoms. The third kappa shape index (κ3) is 2.97. The largest absolute Gasteiger partial charge is 0.466 e. The van der Waals surface area contributed by atoms with Crippen molar-refractivity contribution in [3.63, 3.8) is 0 Å². The van der Waals surface area contributed by atoms with Crippen molar-refractivity contribution >= 4 is 5.97 Å². The van der Waals surface area contributed by atoms with E-state index in [9.17, 15) is 4.79 Å². The summed E-state index contributed by atoms with van der Waals surface area (Å²) in [6.07, 6.45) is 1.99. The molecule has 0 saturated heterocycles. The summed E-state index contributed by atoms with van der Waals surface area (Å²) in [6.45, 7) is 4.01. The molecule has 0 N–H and O–H groups in total. The van der Waals surface area contributed by atoms with Gasteiger partial charge >= 0.3 is 5.97 Å². The van der Waals surface area contributed by atoms with Crippen LogP contribution in [0, 0.1) is 6.92 Å². The van der Waals surface area contributed by atoms with Crippen LogP contribution in [0.2, 0.25) is 0 Å². The Bertz CT molecular complexity index is 528. The molecule has 0 fully saturated rings. The molecule has 0 aliphatic rings. The van der Waals surface area contributed by atoms with E-state index in [0.29, 0.717) is 18.9 Å². The molecule has 0 bridgehead atoms. The van der Waals surface area contributed by atoms with E-state index in [-0.39, 0.29) is 5.97 Å². The van der Waals surface area contributed by atoms with E-state index in [1.165, 1.54) is 0 Å². The van der Waals surface area contributed by atoms with Crippen molar-refractivity contribution in [2.75, 3.05) is 6.61 Å². The number of hydrogen-bond acceptors (Lipinski definition) is 4. The second kappa shape index (κ2) is 5.49. The predicted molar refractivity (Wildman–Crippen MR) is 67.0 cm³/mol. The highest BCUT2D eigenvalue weighted by Crippen LogP contribution is 2.20. The summed E-state index contributed by atoms with van der Waals surface area (Å²) in [5.41, 5.74) is 1.87. The number of carbonyl (C=O) groups excluding carboxylic acids is 1. The fraction of sp³-hybridized carbons (Fsp3) is 0.286. The summed E-state index contributed by atoms with van der Waals surface area (Å²) in [5, 5.41) is 0. The first-order chi connectivity index (χ1) is 8.69. The van der Waals surface area contributed by atoms with Crippen LogP contribution in [-0.4, -0.2) is 17.6 Å². The minimum atomic E-state index is -0.208. The van der Waals surface area contributed by atoms with Gasteiger partial charge in [0.25, 0.3) is 0 Å². The van der Waals surface area contributed by atoms with Gasteiger partial charge in [0.2, 0.25) is 0 Å². The zero-order chi connectivity index (χ0) is 13.0. The number of hydrogen-bond donors (Lipinski definition) is 0. The van der Waals surface area contributed by atoms with Gasteiger partial charge in [0.1, 0.15) is 0 Å². The van der Waals surface area contributed by atoms with Crippen LogP contribution in [0.4, 0.5) is 0 Å². The molecule has 0 unspecified atom stereocenters. The molecule has 2 rings (SSSR count). The molecule has 1 aromatic heterocycles. The van der Waals surface area contributed by atoms with E-state index in [4.69, 9.17) is 9.15 Å². The van der Waals surface area contributed by atoms with Crippen LogP contribution in [-0.2, 0) is 16.0 Å². The number of rotatable bonds is 4. The van der Waals surface area contributed by atoms with Gasteiger partial charge in [-0.25, -0.2) is 4.98 Å². The van der Waals surface area contributed by atoms with Crippen LogP contribution in [0.25, 0.3) is 11.3 Å². The first kappa shape index (κ1) is 12.4. The smallest absolute Gasteiger partial charge is 0.310 e. The van der Waals surface area contributed by atoms with Gasteiger partial charge in [-0.15, -0.1) is 0 Å². The molecule has 0 radical (unpaired) electrons. The van der Waals surface area contributed by atoms with Crippen molar-refractivity contribution in [3.8, 4) is 11.3 Å². The molecule has 0 spiro atoms. The summed E-state index contributed by atoms with van der Waals surface area (Å²) in [4.78, 5) is 15.4. The molecule has 1 heterocycles. The molecule has 2 aromatic rings. The molecule has 0 aliphatic carbocycles. The lowest BCUT2D eigenvalue weighted by Crippen LogP contribution is -2.07. The Morgan fingerprint density at radius 3 is 2.61 bits per heavy atom. The number of esters is 1. The Hall–Kier alpha value is -2.10. The zero-order valence-corrected chi connectivity index (χ0v) is 10.5. The minimum Gasteiger partial charge on any atom is -0.466 e. The number of carbonyl (C=O) groups is 1. The third-order valence-electron chi connectivity index (χ3n) is 2.51. The van der Waals surface area contributed by atoms with Crippen molar-refractivity contribution in [1.82, 2.24) is 4.98 Å². The zero-order valence-electron chi connectivity index (χ0n) is 10.5. The van der Waals surface area contributed by atoms with E-state index >= 15 is 0 Å². The van der Waals surface area contributed by atoms with Crippen LogP contribution in [0.3, 0.4) is 0 Å². The number of aryl methyl sites for hydroxylation is 1. The van der Waals surface area contributed by atoms with Crippen LogP contribution in [0.15, 0.2) is 34.9 Å². The standard InChI is InChI=1S/C14H15NO3/c1-3-17-14(16)8-11-4-6-12(7-5-11)13-9-15-10(2)18-13/h4-7,9H,3,8H2,1-2H3. The van der Waals surface area contributed by atoms with Crippen molar-refractivity contribution < 1.29 is 13.9 Å². The van der Waals surface area contributed by atoms with Gasteiger partial charge in [0, 0.05) is 12.5 Å². The minimum absolute atomic E-state index is 0.208. The summed E-state index contributed by atoms with van der Waals surface area (Å²) in [5.74, 6) is 1.16. The summed E-state index contributed by atoms with van der Waals surface area (Å²) < 4.78 is 10.3. The molecule has 94 valence electrons. The lowest BCUT2D eigenvalue weighted by molar-refractivity contribution is -0.142. The molecular weight excluding hydrogens is 230 g/mol. The number of oxazole rings is 1. The third-order valence-corrected chi connectivity index (χ3v) is 2.51. The van der Waals surface area contributed by atoms with Crippen LogP contribution in [0.1, 0.15) is 18.4 Å². The SMILES string of the molecule is CCOC(=O)Cc1ccc(-c2cnc(C)o2)cc1. The predicted octanol–water partition coefficient (Wildman–Crippen LogP) is 2.76. The Morgan fingerprint density at radius 2 is 2.06 bits per heavy atom. The van der Waals surface area contributed by atoms with Crippen LogP contribution in [0.5, 0.6) is 0 Å². The fourth-order valence-electron chi connectivity index (χ4n) is 1.66. The van der Waals surface area contributed by atoms with E-state index in [1.807, 2.05) is 24.3 Å². The molecule has 1 aromatic carbocycles. The maximum Gasteiger partial charge on any atom is 0.310 e. The van der Waals surface area contributed by atoms with Gasteiger partial charge < -0.3 is 9.15 Å². The van der Waals surface area contributed by atoms with Crippen molar-refractivity contribution in [1.29, 1.82) is 0 Å². The van der Waals surface area contributed by atoms with Gasteiger partial charge in [-0.05, 0) is 12.5 Å². The Balaban J connectivity index is 2.08. The highest BCUT2D eigenvalue weighted by molar-refractivity contribution is 5.73. The highest BCUT2D eigenvalue weighted by atomic mass is 16.5. The number of nitrogens with zero attached hydrogens (tertiary/aromatic N) is 1. The highest BCUT2D eigenvalue weighted by Gasteiger charge is 2.06. The Labute approximate surface area is 106 Å². The first-order valence-corrected chi connectivity index (χ1v) is 5.86. The fourth-order valence-corrected chi connectivity index (χ4v) is 1.66. The Kier molecular flexibility index (Phi) is 3.77. The van der Waals surface area contributed by atoms with Gasteiger partial charge in [-0.2, -0.15) is 0 Å². The van der Waals surface area contributed by atoms with Gasteiger partial charge in [0.05, 0.1) is 19.2 Å². The average Bonchev–Trinajstić information content (AvgIpc) is 2.77. The summed E-state index contributed by atoms with van der Waals surface area (Å²) in [6, 6.07) is 7.61. The van der Waals surface area contributed by atoms with Gasteiger partial charge in [0.15, 0.2) is 11.7 Å². The molecule has 18 heavy (non-hydrogen) atoms. The maximum atomic E-state index is 11.3. The Morgan fingerprint density at radius 1 is 1.33 bits per heavy atom. The van der Waals surface area contributed by atoms with E-state index in [0.717, 1.165) is 16.9 Å². The van der Waals surface area contributed by atoms with Gasteiger partial charge in [-0.1, -0.05) is 24.3 Å². The second-order valence-electron chi connectivity index (χ2n) is 3.92. The molecule has 0 amide bonds. The average molecular weight is 245 g/mol. The lowest BCUT2D eigenvalue weighted by atomic mass is 10.1. The quantitative estimate of drug-likeness (QED) is 0.777. The molecule has 0 saturated carbocycles. The molecule has 4 nitrogen and oxygen atoms in total. The van der Waals surface area contributed by atoms with E-state index in [1.54, 1.807) is 20.0 Å². The first-order valence-electron chi connectivity index (χ1n) is 5.86. The molecular formula is C14H15NO3. The molecule has 0 atom stereocenters.